The predicted octanol–water partition coefficient (Wildman–Crippen LogP) is 4.84. The molecule has 4 N–H and O–H groups in total. The molecule has 0 saturated heterocycles. The van der Waals surface area contributed by atoms with Crippen LogP contribution in [0.5, 0.6) is 11.5 Å². The number of anilines is 2. The summed E-state index contributed by atoms with van der Waals surface area (Å²) in [7, 11) is 0. The van der Waals surface area contributed by atoms with E-state index in [0.29, 0.717) is 27.2 Å². The second-order valence-electron chi connectivity index (χ2n) is 7.54. The topological polar surface area (TPSA) is 134 Å². The number of nitrogens with zero attached hydrogens (tertiary/aromatic N) is 3. The Kier molecular flexibility index (Phi) is 7.71. The number of carboxylic acids is 2. The minimum Gasteiger partial charge on any atom is -0.508 e. The highest BCUT2D eigenvalue weighted by molar-refractivity contribution is 8.01. The summed E-state index contributed by atoms with van der Waals surface area (Å²) in [6.45, 7) is -0.666. The normalized spacial score (nSPS) is 10.8. The van der Waals surface area contributed by atoms with Gasteiger partial charge in [-0.25, -0.2) is 4.98 Å². The molecule has 1 heterocycles. The van der Waals surface area contributed by atoms with Gasteiger partial charge in [-0.05, 0) is 72.4 Å². The maximum Gasteiger partial charge on any atom is 0.324 e. The Labute approximate surface area is 214 Å². The number of fused-ring (bicyclic) bond motifs is 1. The predicted molar refractivity (Wildman–Crippen MR) is 140 cm³/mol. The minimum absolute atomic E-state index is 0.0988. The van der Waals surface area contributed by atoms with E-state index in [1.165, 1.54) is 46.7 Å². The van der Waals surface area contributed by atoms with Crippen LogP contribution >= 0.6 is 23.9 Å². The van der Waals surface area contributed by atoms with Gasteiger partial charge in [0.25, 0.3) is 0 Å². The zero-order valence-corrected chi connectivity index (χ0v) is 20.3. The van der Waals surface area contributed by atoms with Gasteiger partial charge in [-0.15, -0.1) is 0 Å². The molecule has 36 heavy (non-hydrogen) atoms. The average molecular weight is 524 g/mol. The van der Waals surface area contributed by atoms with Gasteiger partial charge in [0.05, 0.1) is 11.9 Å². The average Bonchev–Trinajstić information content (AvgIpc) is 2.85. The standard InChI is InChI=1S/C25H21N3O6S2/c29-16-5-9-18(10-6-16)35-27(14-23(31)32)22-13-26-25(21-4-2-1-3-20(21)22)28(15-24(33)34)36-19-11-7-17(30)8-12-19/h1-13,29-30H,14-15H2,(H,31,32)(H,33,34). The quantitative estimate of drug-likeness (QED) is 0.213. The monoisotopic (exact) mass is 523 g/mol. The highest BCUT2D eigenvalue weighted by Crippen LogP contribution is 2.39. The molecule has 4 aromatic rings. The molecule has 9 nitrogen and oxygen atoms in total. The van der Waals surface area contributed by atoms with Crippen molar-refractivity contribution in [2.24, 2.45) is 0 Å². The van der Waals surface area contributed by atoms with E-state index in [0.717, 1.165) is 16.8 Å². The van der Waals surface area contributed by atoms with Crippen LogP contribution < -0.4 is 8.61 Å². The van der Waals surface area contributed by atoms with Gasteiger partial charge in [0, 0.05) is 20.6 Å². The fourth-order valence-electron chi connectivity index (χ4n) is 3.39. The molecule has 0 fully saturated rings. The first-order valence-corrected chi connectivity index (χ1v) is 12.2. The number of pyridine rings is 1. The lowest BCUT2D eigenvalue weighted by Gasteiger charge is -2.26. The van der Waals surface area contributed by atoms with E-state index in [1.807, 2.05) is 12.1 Å². The van der Waals surface area contributed by atoms with Crippen LogP contribution in [0.4, 0.5) is 11.5 Å². The molecule has 0 unspecified atom stereocenters. The van der Waals surface area contributed by atoms with Gasteiger partial charge >= 0.3 is 11.9 Å². The molecule has 0 aliphatic carbocycles. The summed E-state index contributed by atoms with van der Waals surface area (Å²) in [4.78, 5) is 29.3. The molecule has 0 aliphatic heterocycles. The largest absolute Gasteiger partial charge is 0.508 e. The summed E-state index contributed by atoms with van der Waals surface area (Å²) in [5.41, 5.74) is 0.541. The third kappa shape index (κ3) is 6.12. The first-order valence-electron chi connectivity index (χ1n) is 10.6. The van der Waals surface area contributed by atoms with Crippen molar-refractivity contribution in [3.63, 3.8) is 0 Å². The fraction of sp³-hybridized carbons (Fsp3) is 0.0800. The Morgan fingerprint density at radius 1 is 0.694 bits per heavy atom. The van der Waals surface area contributed by atoms with Crippen molar-refractivity contribution < 1.29 is 30.0 Å². The van der Waals surface area contributed by atoms with E-state index >= 15 is 0 Å². The number of aromatic hydroxyl groups is 2. The van der Waals surface area contributed by atoms with Gasteiger partial charge < -0.3 is 20.4 Å². The van der Waals surface area contributed by atoms with Crippen LogP contribution in [0.2, 0.25) is 0 Å². The molecule has 0 bridgehead atoms. The number of carboxylic acid groups (broad SMARTS) is 2. The zero-order valence-electron chi connectivity index (χ0n) is 18.7. The second kappa shape index (κ2) is 11.1. The molecular formula is C25H21N3O6S2. The second-order valence-corrected chi connectivity index (χ2v) is 9.73. The van der Waals surface area contributed by atoms with E-state index in [-0.39, 0.29) is 24.6 Å². The SMILES string of the molecule is O=C(O)CN(Sc1ccc(O)cc1)c1cnc(N(CC(=O)O)Sc2ccc(O)cc2)c2ccccc12. The Morgan fingerprint density at radius 3 is 1.69 bits per heavy atom. The number of aromatic nitrogens is 1. The number of phenolic OH excluding ortho intramolecular Hbond substituents is 2. The van der Waals surface area contributed by atoms with E-state index in [2.05, 4.69) is 4.98 Å². The van der Waals surface area contributed by atoms with Crippen molar-refractivity contribution in [1.82, 2.24) is 4.98 Å². The molecule has 0 saturated carbocycles. The van der Waals surface area contributed by atoms with Crippen molar-refractivity contribution in [1.29, 1.82) is 0 Å². The molecule has 11 heteroatoms. The molecule has 184 valence electrons. The maximum absolute atomic E-state index is 11.7. The molecule has 0 radical (unpaired) electrons. The first-order chi connectivity index (χ1) is 17.3. The van der Waals surface area contributed by atoms with E-state index in [4.69, 9.17) is 0 Å². The van der Waals surface area contributed by atoms with Gasteiger partial charge in [-0.3, -0.25) is 18.2 Å². The highest BCUT2D eigenvalue weighted by atomic mass is 32.2. The maximum atomic E-state index is 11.7. The van der Waals surface area contributed by atoms with Crippen LogP contribution in [-0.4, -0.2) is 50.4 Å². The van der Waals surface area contributed by atoms with Crippen LogP contribution in [0.3, 0.4) is 0 Å². The Morgan fingerprint density at radius 2 is 1.17 bits per heavy atom. The summed E-state index contributed by atoms with van der Waals surface area (Å²) in [5.74, 6) is -1.48. The summed E-state index contributed by atoms with van der Waals surface area (Å²) in [5, 5.41) is 39.6. The summed E-state index contributed by atoms with van der Waals surface area (Å²) < 4.78 is 3.12. The molecular weight excluding hydrogens is 502 g/mol. The van der Waals surface area contributed by atoms with Crippen molar-refractivity contribution in [2.45, 2.75) is 9.79 Å². The molecule has 3 aromatic carbocycles. The number of aliphatic carboxylic acids is 2. The molecule has 1 aromatic heterocycles. The molecule has 0 atom stereocenters. The van der Waals surface area contributed by atoms with Crippen molar-refractivity contribution in [3.05, 3.63) is 79.0 Å². The van der Waals surface area contributed by atoms with Gasteiger partial charge in [-0.1, -0.05) is 24.3 Å². The van der Waals surface area contributed by atoms with Crippen LogP contribution in [0.25, 0.3) is 10.8 Å². The van der Waals surface area contributed by atoms with Gasteiger partial charge in [0.15, 0.2) is 0 Å². The van der Waals surface area contributed by atoms with Gasteiger partial charge in [-0.2, -0.15) is 0 Å². The van der Waals surface area contributed by atoms with Gasteiger partial charge in [0.1, 0.15) is 30.4 Å². The minimum atomic E-state index is -1.05. The first kappa shape index (κ1) is 25.0. The summed E-state index contributed by atoms with van der Waals surface area (Å²) in [6.07, 6.45) is 1.53. The lowest BCUT2D eigenvalue weighted by molar-refractivity contribution is -0.136. The smallest absolute Gasteiger partial charge is 0.324 e. The van der Waals surface area contributed by atoms with Gasteiger partial charge in [0.2, 0.25) is 0 Å². The van der Waals surface area contributed by atoms with E-state index in [9.17, 15) is 30.0 Å². The lowest BCUT2D eigenvalue weighted by atomic mass is 10.1. The lowest BCUT2D eigenvalue weighted by Crippen LogP contribution is -2.25. The number of hydrogen-bond acceptors (Lipinski definition) is 9. The number of phenols is 2. The number of carbonyl (C=O) groups is 2. The molecule has 4 rings (SSSR count). The molecule has 0 aliphatic rings. The molecule has 0 spiro atoms. The number of benzene rings is 3. The number of rotatable bonds is 10. The third-order valence-corrected chi connectivity index (χ3v) is 6.95. The van der Waals surface area contributed by atoms with Crippen LogP contribution in [0.15, 0.2) is 88.8 Å². The summed E-state index contributed by atoms with van der Waals surface area (Å²) in [6, 6.07) is 20.0. The fourth-order valence-corrected chi connectivity index (χ4v) is 5.24. The number of hydrogen-bond donors (Lipinski definition) is 4. The highest BCUT2D eigenvalue weighted by Gasteiger charge is 2.22. The molecule has 0 amide bonds. The summed E-state index contributed by atoms with van der Waals surface area (Å²) >= 11 is 2.35. The van der Waals surface area contributed by atoms with Crippen LogP contribution in [0.1, 0.15) is 0 Å². The van der Waals surface area contributed by atoms with Crippen LogP contribution in [-0.2, 0) is 9.59 Å². The zero-order chi connectivity index (χ0) is 25.7. The third-order valence-electron chi connectivity index (χ3n) is 4.92. The Bertz CT molecular complexity index is 1280. The van der Waals surface area contributed by atoms with E-state index < -0.39 is 11.9 Å². The Balaban J connectivity index is 1.77. The van der Waals surface area contributed by atoms with Crippen molar-refractivity contribution >= 4 is 58.1 Å². The van der Waals surface area contributed by atoms with Crippen molar-refractivity contribution in [2.75, 3.05) is 21.7 Å². The Hall–Kier alpha value is -4.09. The van der Waals surface area contributed by atoms with Crippen molar-refractivity contribution in [3.8, 4) is 11.5 Å². The van der Waals surface area contributed by atoms with E-state index in [1.54, 1.807) is 40.7 Å². The van der Waals surface area contributed by atoms with Crippen LogP contribution in [0, 0.1) is 0 Å².